The number of nitrogens with one attached hydrogen (secondary N) is 2. The SMILES string of the molecule is CCNC(=O)C(C)n1c(N)n[nH]c1=S. The number of carbonyl (C=O) groups is 1. The number of H-pyrrole nitrogens is 1. The van der Waals surface area contributed by atoms with Crippen LogP contribution in [0.2, 0.25) is 0 Å². The first-order valence-electron chi connectivity index (χ1n) is 4.28. The van der Waals surface area contributed by atoms with E-state index in [1.807, 2.05) is 6.92 Å². The van der Waals surface area contributed by atoms with Crippen molar-refractivity contribution < 1.29 is 4.79 Å². The number of nitrogen functional groups attached to an aromatic ring is 1. The molecule has 1 unspecified atom stereocenters. The first-order chi connectivity index (χ1) is 6.57. The lowest BCUT2D eigenvalue weighted by Gasteiger charge is -2.12. The molecule has 14 heavy (non-hydrogen) atoms. The average Bonchev–Trinajstić information content (AvgIpc) is 2.46. The van der Waals surface area contributed by atoms with Gasteiger partial charge in [-0.1, -0.05) is 0 Å². The summed E-state index contributed by atoms with van der Waals surface area (Å²) in [6, 6.07) is -0.443. The third-order valence-corrected chi connectivity index (χ3v) is 2.14. The molecular formula is C7H13N5OS. The van der Waals surface area contributed by atoms with E-state index in [0.717, 1.165) is 0 Å². The molecule has 0 spiro atoms. The zero-order valence-electron chi connectivity index (χ0n) is 8.07. The van der Waals surface area contributed by atoms with Crippen LogP contribution < -0.4 is 11.1 Å². The molecule has 1 rings (SSSR count). The van der Waals surface area contributed by atoms with Crippen molar-refractivity contribution in [1.82, 2.24) is 20.1 Å². The minimum absolute atomic E-state index is 0.128. The number of aromatic amines is 1. The summed E-state index contributed by atoms with van der Waals surface area (Å²) in [5.41, 5.74) is 5.55. The highest BCUT2D eigenvalue weighted by molar-refractivity contribution is 7.71. The lowest BCUT2D eigenvalue weighted by Crippen LogP contribution is -2.31. The number of rotatable bonds is 3. The van der Waals surface area contributed by atoms with E-state index in [4.69, 9.17) is 18.0 Å². The van der Waals surface area contributed by atoms with Gasteiger partial charge < -0.3 is 11.1 Å². The van der Waals surface area contributed by atoms with Crippen molar-refractivity contribution in [2.75, 3.05) is 12.3 Å². The number of amides is 1. The van der Waals surface area contributed by atoms with Gasteiger partial charge in [0.25, 0.3) is 0 Å². The van der Waals surface area contributed by atoms with Crippen LogP contribution in [-0.4, -0.2) is 27.2 Å². The minimum atomic E-state index is -0.443. The van der Waals surface area contributed by atoms with Crippen LogP contribution in [0.1, 0.15) is 19.9 Å². The van der Waals surface area contributed by atoms with Crippen LogP contribution in [0.15, 0.2) is 0 Å². The van der Waals surface area contributed by atoms with Crippen LogP contribution in [0.4, 0.5) is 5.95 Å². The fraction of sp³-hybridized carbons (Fsp3) is 0.571. The Morgan fingerprint density at radius 3 is 2.93 bits per heavy atom. The Hall–Kier alpha value is -1.37. The van der Waals surface area contributed by atoms with Crippen molar-refractivity contribution in [2.24, 2.45) is 0 Å². The molecule has 6 nitrogen and oxygen atoms in total. The molecule has 0 aliphatic carbocycles. The highest BCUT2D eigenvalue weighted by atomic mass is 32.1. The predicted octanol–water partition coefficient (Wildman–Crippen LogP) is 0.220. The second-order valence-corrected chi connectivity index (χ2v) is 3.21. The molecule has 1 atom stereocenters. The summed E-state index contributed by atoms with van der Waals surface area (Å²) in [7, 11) is 0. The van der Waals surface area contributed by atoms with Gasteiger partial charge in [-0.15, -0.1) is 5.10 Å². The van der Waals surface area contributed by atoms with Gasteiger partial charge in [0, 0.05) is 6.54 Å². The summed E-state index contributed by atoms with van der Waals surface area (Å²) in [6.45, 7) is 4.14. The standard InChI is InChI=1S/C7H13N5OS/c1-3-9-5(13)4(2)12-6(8)10-11-7(12)14/h4H,3H2,1-2H3,(H2,8,10)(H,9,13)(H,11,14). The fourth-order valence-electron chi connectivity index (χ4n) is 1.13. The minimum Gasteiger partial charge on any atom is -0.368 e. The molecule has 78 valence electrons. The van der Waals surface area contributed by atoms with Crippen molar-refractivity contribution in [2.45, 2.75) is 19.9 Å². The Kier molecular flexibility index (Phi) is 3.23. The molecular weight excluding hydrogens is 202 g/mol. The molecule has 0 saturated heterocycles. The van der Waals surface area contributed by atoms with Crippen LogP contribution >= 0.6 is 12.2 Å². The summed E-state index contributed by atoms with van der Waals surface area (Å²) in [5.74, 6) is 0.0884. The number of likely N-dealkylation sites (N-methyl/N-ethyl adjacent to an activating group) is 1. The Labute approximate surface area is 86.5 Å². The van der Waals surface area contributed by atoms with Gasteiger partial charge >= 0.3 is 0 Å². The maximum absolute atomic E-state index is 11.5. The first kappa shape index (κ1) is 10.7. The van der Waals surface area contributed by atoms with Crippen LogP contribution in [0, 0.1) is 4.77 Å². The highest BCUT2D eigenvalue weighted by Crippen LogP contribution is 2.10. The second kappa shape index (κ2) is 4.23. The third kappa shape index (κ3) is 1.92. The summed E-state index contributed by atoms with van der Waals surface area (Å²) in [5, 5.41) is 8.93. The van der Waals surface area contributed by atoms with Crippen molar-refractivity contribution in [3.05, 3.63) is 4.77 Å². The largest absolute Gasteiger partial charge is 0.368 e. The lowest BCUT2D eigenvalue weighted by molar-refractivity contribution is -0.123. The zero-order valence-corrected chi connectivity index (χ0v) is 8.89. The van der Waals surface area contributed by atoms with Gasteiger partial charge in [-0.2, -0.15) is 0 Å². The van der Waals surface area contributed by atoms with Gasteiger partial charge in [0.2, 0.25) is 11.9 Å². The monoisotopic (exact) mass is 215 g/mol. The van der Waals surface area contributed by atoms with E-state index in [0.29, 0.717) is 11.3 Å². The summed E-state index contributed by atoms with van der Waals surface area (Å²) >= 11 is 4.94. The summed E-state index contributed by atoms with van der Waals surface area (Å²) < 4.78 is 1.82. The van der Waals surface area contributed by atoms with E-state index in [1.54, 1.807) is 6.92 Å². The number of nitrogens with zero attached hydrogens (tertiary/aromatic N) is 2. The quantitative estimate of drug-likeness (QED) is 0.629. The Bertz CT molecular complexity index is 382. The van der Waals surface area contributed by atoms with Crippen molar-refractivity contribution in [1.29, 1.82) is 0 Å². The average molecular weight is 215 g/mol. The molecule has 0 saturated carbocycles. The first-order valence-corrected chi connectivity index (χ1v) is 4.68. The molecule has 0 aliphatic heterocycles. The van der Waals surface area contributed by atoms with E-state index < -0.39 is 6.04 Å². The molecule has 1 aromatic rings. The third-order valence-electron chi connectivity index (χ3n) is 1.85. The number of anilines is 1. The lowest BCUT2D eigenvalue weighted by atomic mass is 10.3. The van der Waals surface area contributed by atoms with E-state index in [-0.39, 0.29) is 11.9 Å². The fourth-order valence-corrected chi connectivity index (χ4v) is 1.43. The summed E-state index contributed by atoms with van der Waals surface area (Å²) in [4.78, 5) is 11.5. The summed E-state index contributed by atoms with van der Waals surface area (Å²) in [6.07, 6.45) is 0. The van der Waals surface area contributed by atoms with Gasteiger partial charge in [0.05, 0.1) is 0 Å². The van der Waals surface area contributed by atoms with Gasteiger partial charge in [0.15, 0.2) is 4.77 Å². The molecule has 1 aromatic heterocycles. The van der Waals surface area contributed by atoms with E-state index in [2.05, 4.69) is 15.5 Å². The number of carbonyl (C=O) groups excluding carboxylic acids is 1. The molecule has 0 aromatic carbocycles. The maximum atomic E-state index is 11.5. The van der Waals surface area contributed by atoms with Gasteiger partial charge in [-0.3, -0.25) is 9.36 Å². The Morgan fingerprint density at radius 1 is 1.86 bits per heavy atom. The molecule has 4 N–H and O–H groups in total. The van der Waals surface area contributed by atoms with Crippen LogP contribution in [0.3, 0.4) is 0 Å². The Morgan fingerprint density at radius 2 is 2.50 bits per heavy atom. The van der Waals surface area contributed by atoms with Crippen LogP contribution in [0.5, 0.6) is 0 Å². The molecule has 7 heteroatoms. The molecule has 1 amide bonds. The van der Waals surface area contributed by atoms with Gasteiger partial charge in [-0.05, 0) is 26.1 Å². The normalized spacial score (nSPS) is 12.4. The second-order valence-electron chi connectivity index (χ2n) is 2.83. The number of aromatic nitrogens is 3. The number of hydrogen-bond donors (Lipinski definition) is 3. The molecule has 0 bridgehead atoms. The highest BCUT2D eigenvalue weighted by Gasteiger charge is 2.17. The van der Waals surface area contributed by atoms with Crippen molar-refractivity contribution in [3.8, 4) is 0 Å². The predicted molar refractivity (Wildman–Crippen MR) is 55.2 cm³/mol. The molecule has 0 radical (unpaired) electrons. The van der Waals surface area contributed by atoms with Gasteiger partial charge in [0.1, 0.15) is 6.04 Å². The number of hydrogen-bond acceptors (Lipinski definition) is 4. The topological polar surface area (TPSA) is 88.7 Å². The molecule has 0 aliphatic rings. The van der Waals surface area contributed by atoms with Crippen molar-refractivity contribution >= 4 is 24.1 Å². The van der Waals surface area contributed by atoms with Crippen LogP contribution in [0.25, 0.3) is 0 Å². The zero-order chi connectivity index (χ0) is 10.7. The van der Waals surface area contributed by atoms with Gasteiger partial charge in [-0.25, -0.2) is 5.10 Å². The number of nitrogens with two attached hydrogens (primary N) is 1. The van der Waals surface area contributed by atoms with E-state index in [9.17, 15) is 4.79 Å². The smallest absolute Gasteiger partial charge is 0.242 e. The maximum Gasteiger partial charge on any atom is 0.242 e. The molecule has 1 heterocycles. The van der Waals surface area contributed by atoms with Crippen molar-refractivity contribution in [3.63, 3.8) is 0 Å². The van der Waals surface area contributed by atoms with E-state index >= 15 is 0 Å². The van der Waals surface area contributed by atoms with Crippen LogP contribution in [-0.2, 0) is 4.79 Å². The van der Waals surface area contributed by atoms with E-state index in [1.165, 1.54) is 4.57 Å². The Balaban J connectivity index is 2.94. The molecule has 0 fully saturated rings.